The van der Waals surface area contributed by atoms with Crippen LogP contribution in [0.5, 0.6) is 17.2 Å². The highest BCUT2D eigenvalue weighted by atomic mass is 16.5. The number of carbonyl (C=O) groups is 2. The van der Waals surface area contributed by atoms with Gasteiger partial charge in [0, 0.05) is 12.7 Å². The van der Waals surface area contributed by atoms with Gasteiger partial charge in [0.2, 0.25) is 5.91 Å². The van der Waals surface area contributed by atoms with Gasteiger partial charge in [0.25, 0.3) is 0 Å². The first kappa shape index (κ1) is 19.1. The van der Waals surface area contributed by atoms with Crippen LogP contribution in [0.2, 0.25) is 0 Å². The maximum absolute atomic E-state index is 12.5. The number of methoxy groups -OCH3 is 2. The summed E-state index contributed by atoms with van der Waals surface area (Å²) in [5, 5.41) is 8.61. The number of rotatable bonds is 8. The topological polar surface area (TPSA) is 85.3 Å². The van der Waals surface area contributed by atoms with Gasteiger partial charge in [0.05, 0.1) is 20.6 Å². The van der Waals surface area contributed by atoms with Crippen molar-refractivity contribution in [1.82, 2.24) is 0 Å². The average Bonchev–Trinajstić information content (AvgIpc) is 2.65. The molecule has 0 bridgehead atoms. The minimum absolute atomic E-state index is 0.101. The van der Waals surface area contributed by atoms with Gasteiger partial charge in [0.1, 0.15) is 5.75 Å². The van der Waals surface area contributed by atoms with E-state index in [1.807, 2.05) is 6.07 Å². The Morgan fingerprint density at radius 3 is 2.23 bits per heavy atom. The molecule has 0 heterocycles. The average molecular weight is 359 g/mol. The van der Waals surface area contributed by atoms with Gasteiger partial charge in [-0.1, -0.05) is 6.07 Å². The Kier molecular flexibility index (Phi) is 6.43. The molecule has 0 saturated heterocycles. The molecule has 0 spiro atoms. The molecule has 0 radical (unpaired) electrons. The van der Waals surface area contributed by atoms with Crippen LogP contribution in [0.3, 0.4) is 0 Å². The van der Waals surface area contributed by atoms with Crippen molar-refractivity contribution in [2.24, 2.45) is 0 Å². The van der Waals surface area contributed by atoms with Crippen LogP contribution >= 0.6 is 0 Å². The highest BCUT2D eigenvalue weighted by Crippen LogP contribution is 2.28. The molecule has 2 aromatic carbocycles. The Labute approximate surface area is 151 Å². The normalized spacial score (nSPS) is 10.1. The lowest BCUT2D eigenvalue weighted by atomic mass is 10.1. The number of hydrogen-bond acceptors (Lipinski definition) is 5. The van der Waals surface area contributed by atoms with Crippen molar-refractivity contribution in [3.05, 3.63) is 48.0 Å². The minimum Gasteiger partial charge on any atom is -0.493 e. The van der Waals surface area contributed by atoms with Gasteiger partial charge in [-0.15, -0.1) is 0 Å². The number of amides is 1. The van der Waals surface area contributed by atoms with Crippen molar-refractivity contribution in [3.63, 3.8) is 0 Å². The number of carbonyl (C=O) groups excluding carboxylic acids is 1. The number of ether oxygens (including phenoxy) is 3. The predicted molar refractivity (Wildman–Crippen MR) is 96.2 cm³/mol. The lowest BCUT2D eigenvalue weighted by Gasteiger charge is -2.18. The van der Waals surface area contributed by atoms with Crippen molar-refractivity contribution < 1.29 is 28.9 Å². The lowest BCUT2D eigenvalue weighted by molar-refractivity contribution is -0.139. The van der Waals surface area contributed by atoms with Crippen molar-refractivity contribution >= 4 is 17.6 Å². The van der Waals surface area contributed by atoms with E-state index < -0.39 is 12.6 Å². The van der Waals surface area contributed by atoms with E-state index in [1.54, 1.807) is 57.7 Å². The van der Waals surface area contributed by atoms with E-state index in [9.17, 15) is 9.59 Å². The van der Waals surface area contributed by atoms with Crippen LogP contribution in [0.15, 0.2) is 42.5 Å². The van der Waals surface area contributed by atoms with E-state index in [-0.39, 0.29) is 12.3 Å². The molecule has 0 aromatic heterocycles. The molecule has 7 heteroatoms. The van der Waals surface area contributed by atoms with E-state index in [0.29, 0.717) is 22.9 Å². The van der Waals surface area contributed by atoms with E-state index in [4.69, 9.17) is 19.3 Å². The van der Waals surface area contributed by atoms with Gasteiger partial charge in [-0.3, -0.25) is 4.79 Å². The summed E-state index contributed by atoms with van der Waals surface area (Å²) in [5.74, 6) is 0.457. The molecule has 0 unspecified atom stereocenters. The Balaban J connectivity index is 2.04. The van der Waals surface area contributed by atoms with Crippen molar-refractivity contribution in [1.29, 1.82) is 0 Å². The minimum atomic E-state index is -1.05. The SMILES string of the molecule is COc1ccc(CC(=O)N(C)c2ccc(OCC(=O)O)cc2)cc1OC. The molecule has 2 aromatic rings. The third-order valence-electron chi connectivity index (χ3n) is 3.76. The fourth-order valence-corrected chi connectivity index (χ4v) is 2.34. The summed E-state index contributed by atoms with van der Waals surface area (Å²) in [6.45, 7) is -0.409. The molecule has 26 heavy (non-hydrogen) atoms. The second-order valence-corrected chi connectivity index (χ2v) is 5.50. The number of aliphatic carboxylic acids is 1. The van der Waals surface area contributed by atoms with Crippen LogP contribution in [0.25, 0.3) is 0 Å². The predicted octanol–water partition coefficient (Wildman–Crippen LogP) is 2.37. The zero-order valence-corrected chi connectivity index (χ0v) is 14.9. The molecule has 0 saturated carbocycles. The Morgan fingerprint density at radius 1 is 1.00 bits per heavy atom. The number of carboxylic acids is 1. The standard InChI is InChI=1S/C19H21NO6/c1-20(14-5-7-15(8-6-14)26-12-19(22)23)18(21)11-13-4-9-16(24-2)17(10-13)25-3/h4-10H,11-12H2,1-3H3,(H,22,23). The molecule has 0 aliphatic heterocycles. The quantitative estimate of drug-likeness (QED) is 0.779. The Morgan fingerprint density at radius 2 is 1.65 bits per heavy atom. The maximum Gasteiger partial charge on any atom is 0.341 e. The summed E-state index contributed by atoms with van der Waals surface area (Å²) in [6, 6.07) is 12.0. The highest BCUT2D eigenvalue weighted by Gasteiger charge is 2.14. The Hall–Kier alpha value is -3.22. The molecule has 1 amide bonds. The Bertz CT molecular complexity index is 772. The monoisotopic (exact) mass is 359 g/mol. The molecule has 0 aliphatic carbocycles. The molecule has 2 rings (SSSR count). The van der Waals surface area contributed by atoms with Crippen molar-refractivity contribution in [2.75, 3.05) is 32.8 Å². The molecule has 1 N–H and O–H groups in total. The first-order chi connectivity index (χ1) is 12.4. The molecular formula is C19H21NO6. The molecule has 7 nitrogen and oxygen atoms in total. The van der Waals surface area contributed by atoms with Crippen LogP contribution in [0.1, 0.15) is 5.56 Å². The first-order valence-corrected chi connectivity index (χ1v) is 7.86. The third kappa shape index (κ3) is 4.89. The van der Waals surface area contributed by atoms with E-state index in [0.717, 1.165) is 5.56 Å². The highest BCUT2D eigenvalue weighted by molar-refractivity contribution is 5.94. The largest absolute Gasteiger partial charge is 0.493 e. The summed E-state index contributed by atoms with van der Waals surface area (Å²) in [4.78, 5) is 24.5. The number of anilines is 1. The third-order valence-corrected chi connectivity index (χ3v) is 3.76. The van der Waals surface area contributed by atoms with Crippen LogP contribution in [0, 0.1) is 0 Å². The fourth-order valence-electron chi connectivity index (χ4n) is 2.34. The van der Waals surface area contributed by atoms with Crippen molar-refractivity contribution in [2.45, 2.75) is 6.42 Å². The van der Waals surface area contributed by atoms with E-state index >= 15 is 0 Å². The number of nitrogens with zero attached hydrogens (tertiary/aromatic N) is 1. The zero-order chi connectivity index (χ0) is 19.1. The molecule has 0 atom stereocenters. The van der Waals surface area contributed by atoms with Gasteiger partial charge in [-0.25, -0.2) is 4.79 Å². The molecule has 0 fully saturated rings. The smallest absolute Gasteiger partial charge is 0.341 e. The summed E-state index contributed by atoms with van der Waals surface area (Å²) in [5.41, 5.74) is 1.49. The van der Waals surface area contributed by atoms with E-state index in [1.165, 1.54) is 4.90 Å². The van der Waals surface area contributed by atoms with E-state index in [2.05, 4.69) is 0 Å². The van der Waals surface area contributed by atoms with Crippen molar-refractivity contribution in [3.8, 4) is 17.2 Å². The molecular weight excluding hydrogens is 338 g/mol. The van der Waals surface area contributed by atoms with Gasteiger partial charge in [0.15, 0.2) is 18.1 Å². The molecule has 138 valence electrons. The second-order valence-electron chi connectivity index (χ2n) is 5.50. The van der Waals surface area contributed by atoms with Gasteiger partial charge in [-0.2, -0.15) is 0 Å². The summed E-state index contributed by atoms with van der Waals surface area (Å²) in [7, 11) is 4.78. The summed E-state index contributed by atoms with van der Waals surface area (Å²) in [6.07, 6.45) is 0.202. The van der Waals surface area contributed by atoms with Crippen LogP contribution in [-0.2, 0) is 16.0 Å². The van der Waals surface area contributed by atoms with Gasteiger partial charge >= 0.3 is 5.97 Å². The van der Waals surface area contributed by atoms with Gasteiger partial charge in [-0.05, 0) is 42.0 Å². The number of benzene rings is 2. The fraction of sp³-hybridized carbons (Fsp3) is 0.263. The number of carboxylic acid groups (broad SMARTS) is 1. The number of hydrogen-bond donors (Lipinski definition) is 1. The second kappa shape index (κ2) is 8.75. The molecule has 0 aliphatic rings. The summed E-state index contributed by atoms with van der Waals surface area (Å²) < 4.78 is 15.5. The maximum atomic E-state index is 12.5. The van der Waals surface area contributed by atoms with Crippen LogP contribution in [0.4, 0.5) is 5.69 Å². The van der Waals surface area contributed by atoms with Crippen LogP contribution in [-0.4, -0.2) is 44.9 Å². The first-order valence-electron chi connectivity index (χ1n) is 7.86. The number of likely N-dealkylation sites (N-methyl/N-ethyl adjacent to an activating group) is 1. The van der Waals surface area contributed by atoms with Crippen LogP contribution < -0.4 is 19.1 Å². The summed E-state index contributed by atoms with van der Waals surface area (Å²) >= 11 is 0. The van der Waals surface area contributed by atoms with Gasteiger partial charge < -0.3 is 24.2 Å². The lowest BCUT2D eigenvalue weighted by Crippen LogP contribution is -2.27. The zero-order valence-electron chi connectivity index (χ0n) is 14.9.